The van der Waals surface area contributed by atoms with E-state index in [2.05, 4.69) is 10.3 Å². The minimum absolute atomic E-state index is 0.0611. The molecule has 184 valence electrons. The Morgan fingerprint density at radius 3 is 2.83 bits per heavy atom. The summed E-state index contributed by atoms with van der Waals surface area (Å²) in [4.78, 5) is 30.0. The fourth-order valence-electron chi connectivity index (χ4n) is 4.42. The van der Waals surface area contributed by atoms with E-state index in [0.29, 0.717) is 45.5 Å². The lowest BCUT2D eigenvalue weighted by Gasteiger charge is -2.12. The number of aryl methyl sites for hydroxylation is 2. The first-order valence-corrected chi connectivity index (χ1v) is 12.6. The van der Waals surface area contributed by atoms with Gasteiger partial charge in [-0.1, -0.05) is 0 Å². The number of aliphatic imine (C=N–C) groups is 1. The molecule has 1 N–H and O–H groups in total. The molecule has 1 amide bonds. The molecule has 8 nitrogen and oxygen atoms in total. The highest BCUT2D eigenvalue weighted by molar-refractivity contribution is 7.16. The first-order chi connectivity index (χ1) is 17.4. The number of benzene rings is 1. The van der Waals surface area contributed by atoms with Crippen LogP contribution in [0.25, 0.3) is 11.3 Å². The summed E-state index contributed by atoms with van der Waals surface area (Å²) in [5.41, 5.74) is 3.85. The number of amides is 1. The van der Waals surface area contributed by atoms with Crippen LogP contribution in [0.3, 0.4) is 0 Å². The maximum Gasteiger partial charge on any atom is 0.273 e. The zero-order chi connectivity index (χ0) is 25.2. The number of thiophene rings is 1. The SMILES string of the molecule is Cc1cc(-c2ccc(C=Nc3sc4c(c3C(=O)NCc3ccco3)CCCC4)o2)cc([N+](=O)[O-])c1C. The van der Waals surface area contributed by atoms with Gasteiger partial charge in [-0.2, -0.15) is 0 Å². The molecule has 0 spiro atoms. The number of nitrogens with zero attached hydrogens (tertiary/aromatic N) is 2. The van der Waals surface area contributed by atoms with Crippen LogP contribution < -0.4 is 5.32 Å². The number of nitro benzene ring substituents is 1. The van der Waals surface area contributed by atoms with Gasteiger partial charge >= 0.3 is 0 Å². The van der Waals surface area contributed by atoms with Crippen molar-refractivity contribution in [3.05, 3.63) is 91.4 Å². The van der Waals surface area contributed by atoms with Crippen LogP contribution in [-0.2, 0) is 19.4 Å². The molecular weight excluding hydrogens is 478 g/mol. The van der Waals surface area contributed by atoms with Crippen molar-refractivity contribution in [1.82, 2.24) is 5.32 Å². The quantitative estimate of drug-likeness (QED) is 0.172. The van der Waals surface area contributed by atoms with Gasteiger partial charge in [0, 0.05) is 22.1 Å². The van der Waals surface area contributed by atoms with E-state index < -0.39 is 0 Å². The normalized spacial score (nSPS) is 13.2. The topological polar surface area (TPSA) is 111 Å². The van der Waals surface area contributed by atoms with Crippen molar-refractivity contribution in [3.63, 3.8) is 0 Å². The molecule has 9 heteroatoms. The van der Waals surface area contributed by atoms with Gasteiger partial charge in [0.25, 0.3) is 11.6 Å². The lowest BCUT2D eigenvalue weighted by Crippen LogP contribution is -2.23. The number of hydrogen-bond donors (Lipinski definition) is 1. The number of fused-ring (bicyclic) bond motifs is 1. The second-order valence-corrected chi connectivity index (χ2v) is 9.89. The first kappa shape index (κ1) is 23.7. The molecule has 0 saturated heterocycles. The first-order valence-electron chi connectivity index (χ1n) is 11.8. The van der Waals surface area contributed by atoms with Crippen LogP contribution in [0, 0.1) is 24.0 Å². The third-order valence-corrected chi connectivity index (χ3v) is 7.64. The third kappa shape index (κ3) is 4.74. The molecule has 4 aromatic rings. The summed E-state index contributed by atoms with van der Waals surface area (Å²) in [5.74, 6) is 1.54. The Morgan fingerprint density at radius 1 is 1.22 bits per heavy atom. The largest absolute Gasteiger partial charge is 0.467 e. The van der Waals surface area contributed by atoms with Crippen molar-refractivity contribution in [2.75, 3.05) is 0 Å². The smallest absolute Gasteiger partial charge is 0.273 e. The number of furan rings is 2. The van der Waals surface area contributed by atoms with Crippen molar-refractivity contribution in [2.45, 2.75) is 46.1 Å². The monoisotopic (exact) mass is 503 g/mol. The minimum atomic E-state index is -0.381. The highest BCUT2D eigenvalue weighted by Crippen LogP contribution is 2.40. The molecule has 0 aliphatic heterocycles. The highest BCUT2D eigenvalue weighted by atomic mass is 32.1. The van der Waals surface area contributed by atoms with E-state index in [4.69, 9.17) is 8.83 Å². The Hall–Kier alpha value is -3.98. The number of carbonyl (C=O) groups excluding carboxylic acids is 1. The molecule has 0 bridgehead atoms. The van der Waals surface area contributed by atoms with Crippen LogP contribution in [0.5, 0.6) is 0 Å². The summed E-state index contributed by atoms with van der Waals surface area (Å²) in [6.07, 6.45) is 7.14. The van der Waals surface area contributed by atoms with Crippen LogP contribution in [-0.4, -0.2) is 17.0 Å². The van der Waals surface area contributed by atoms with Gasteiger partial charge in [0.15, 0.2) is 0 Å². The maximum absolute atomic E-state index is 13.1. The molecule has 3 heterocycles. The van der Waals surface area contributed by atoms with E-state index in [0.717, 1.165) is 36.8 Å². The Bertz CT molecular complexity index is 1460. The molecule has 0 saturated carbocycles. The van der Waals surface area contributed by atoms with Gasteiger partial charge in [-0.3, -0.25) is 14.9 Å². The molecule has 1 aromatic carbocycles. The van der Waals surface area contributed by atoms with E-state index in [-0.39, 0.29) is 16.5 Å². The van der Waals surface area contributed by atoms with Crippen LogP contribution in [0.2, 0.25) is 0 Å². The summed E-state index contributed by atoms with van der Waals surface area (Å²) in [6.45, 7) is 3.89. The molecule has 1 aliphatic carbocycles. The van der Waals surface area contributed by atoms with Crippen molar-refractivity contribution < 1.29 is 18.6 Å². The predicted octanol–water partition coefficient (Wildman–Crippen LogP) is 6.69. The van der Waals surface area contributed by atoms with Crippen LogP contribution in [0.1, 0.15) is 56.3 Å². The van der Waals surface area contributed by atoms with E-state index in [9.17, 15) is 14.9 Å². The van der Waals surface area contributed by atoms with Crippen LogP contribution >= 0.6 is 11.3 Å². The van der Waals surface area contributed by atoms with E-state index in [1.807, 2.05) is 19.1 Å². The molecule has 0 atom stereocenters. The molecule has 3 aromatic heterocycles. The summed E-state index contributed by atoms with van der Waals surface area (Å²) in [6, 6.07) is 10.5. The van der Waals surface area contributed by atoms with Gasteiger partial charge in [-0.05, 0) is 81.0 Å². The van der Waals surface area contributed by atoms with Gasteiger partial charge in [-0.25, -0.2) is 4.99 Å². The lowest BCUT2D eigenvalue weighted by atomic mass is 9.95. The van der Waals surface area contributed by atoms with Gasteiger partial charge in [0.05, 0.1) is 29.5 Å². The van der Waals surface area contributed by atoms with Crippen molar-refractivity contribution >= 4 is 34.1 Å². The molecule has 0 unspecified atom stereocenters. The van der Waals surface area contributed by atoms with E-state index in [1.165, 1.54) is 10.9 Å². The summed E-state index contributed by atoms with van der Waals surface area (Å²) >= 11 is 1.55. The summed E-state index contributed by atoms with van der Waals surface area (Å²) < 4.78 is 11.3. The zero-order valence-electron chi connectivity index (χ0n) is 20.0. The van der Waals surface area contributed by atoms with Gasteiger partial charge in [0.1, 0.15) is 22.3 Å². The standard InChI is InChI=1S/C27H25N3O5S/c1-16-12-18(13-22(17(16)2)30(32)33)23-10-9-20(35-23)15-29-27-25(21-7-3-4-8-24(21)36-27)26(31)28-14-19-6-5-11-34-19/h5-6,9-13,15H,3-4,7-8,14H2,1-2H3,(H,28,31). The fraction of sp³-hybridized carbons (Fsp3) is 0.259. The highest BCUT2D eigenvalue weighted by Gasteiger charge is 2.25. The van der Waals surface area contributed by atoms with Crippen LogP contribution in [0.4, 0.5) is 10.7 Å². The van der Waals surface area contributed by atoms with Gasteiger partial charge in [0.2, 0.25) is 0 Å². The number of carbonyl (C=O) groups is 1. The average Bonchev–Trinajstić information content (AvgIpc) is 3.62. The predicted molar refractivity (Wildman–Crippen MR) is 138 cm³/mol. The molecule has 5 rings (SSSR count). The summed E-state index contributed by atoms with van der Waals surface area (Å²) in [7, 11) is 0. The van der Waals surface area contributed by atoms with E-state index in [1.54, 1.807) is 48.9 Å². The van der Waals surface area contributed by atoms with Crippen molar-refractivity contribution in [2.24, 2.45) is 4.99 Å². The number of hydrogen-bond acceptors (Lipinski definition) is 7. The Kier molecular flexibility index (Phi) is 6.56. The number of rotatable bonds is 7. The second-order valence-electron chi connectivity index (χ2n) is 8.81. The van der Waals surface area contributed by atoms with Gasteiger partial charge < -0.3 is 14.2 Å². The summed E-state index contributed by atoms with van der Waals surface area (Å²) in [5, 5.41) is 15.0. The second kappa shape index (κ2) is 9.94. The Morgan fingerprint density at radius 2 is 2.06 bits per heavy atom. The van der Waals surface area contributed by atoms with Crippen molar-refractivity contribution in [3.8, 4) is 11.3 Å². The van der Waals surface area contributed by atoms with Crippen molar-refractivity contribution in [1.29, 1.82) is 0 Å². The molecule has 1 aliphatic rings. The molecular formula is C27H25N3O5S. The Balaban J connectivity index is 1.41. The maximum atomic E-state index is 13.1. The minimum Gasteiger partial charge on any atom is -0.467 e. The van der Waals surface area contributed by atoms with Crippen LogP contribution in [0.15, 0.2) is 56.5 Å². The number of nitro groups is 1. The lowest BCUT2D eigenvalue weighted by molar-refractivity contribution is -0.385. The van der Waals surface area contributed by atoms with E-state index >= 15 is 0 Å². The molecule has 0 fully saturated rings. The fourth-order valence-corrected chi connectivity index (χ4v) is 5.65. The molecule has 0 radical (unpaired) electrons. The average molecular weight is 504 g/mol. The van der Waals surface area contributed by atoms with Gasteiger partial charge in [-0.15, -0.1) is 11.3 Å². The zero-order valence-corrected chi connectivity index (χ0v) is 20.8. The molecule has 36 heavy (non-hydrogen) atoms. The Labute approximate surface area is 211 Å². The number of nitrogens with one attached hydrogen (secondary N) is 1. The third-order valence-electron chi connectivity index (χ3n) is 6.44.